The van der Waals surface area contributed by atoms with E-state index in [1.807, 2.05) is 0 Å². The van der Waals surface area contributed by atoms with Gasteiger partial charge in [0.25, 0.3) is 0 Å². The van der Waals surface area contributed by atoms with Gasteiger partial charge in [0.1, 0.15) is 24.7 Å². The summed E-state index contributed by atoms with van der Waals surface area (Å²) in [5.41, 5.74) is -1.29. The Kier molecular flexibility index (Phi) is 5.09. The number of nitrogens with zero attached hydrogens (tertiary/aromatic N) is 1. The van der Waals surface area contributed by atoms with Crippen LogP contribution in [0.15, 0.2) is 10.4 Å². The lowest BCUT2D eigenvalue weighted by Gasteiger charge is -2.38. The van der Waals surface area contributed by atoms with Crippen LogP contribution >= 0.6 is 11.3 Å². The molecule has 0 saturated carbocycles. The summed E-state index contributed by atoms with van der Waals surface area (Å²) < 4.78 is 25.0. The molecule has 0 amide bonds. The Morgan fingerprint density at radius 1 is 1.48 bits per heavy atom. The number of thiazole rings is 1. The highest BCUT2D eigenvalue weighted by Gasteiger charge is 2.40. The Labute approximate surface area is 132 Å². The fourth-order valence-corrected chi connectivity index (χ4v) is 3.94. The van der Waals surface area contributed by atoms with Crippen LogP contribution in [0.25, 0.3) is 0 Å². The zero-order valence-corrected chi connectivity index (χ0v) is 16.0. The molecule has 0 aliphatic rings. The van der Waals surface area contributed by atoms with Crippen molar-refractivity contribution in [2.75, 3.05) is 6.61 Å². The van der Waals surface area contributed by atoms with E-state index in [0.29, 0.717) is 5.01 Å². The zero-order chi connectivity index (χ0) is 16.7. The smallest absolute Gasteiger partial charge is 0.192 e. The van der Waals surface area contributed by atoms with Crippen molar-refractivity contribution in [2.24, 2.45) is 5.14 Å². The highest BCUT2D eigenvalue weighted by Crippen LogP contribution is 2.38. The van der Waals surface area contributed by atoms with E-state index in [1.54, 1.807) is 6.92 Å². The second kappa shape index (κ2) is 5.71. The Bertz CT molecular complexity index is 604. The summed E-state index contributed by atoms with van der Waals surface area (Å²) in [6.45, 7) is 12.3. The van der Waals surface area contributed by atoms with E-state index in [-0.39, 0.29) is 15.9 Å². The minimum atomic E-state index is -3.30. The van der Waals surface area contributed by atoms with E-state index < -0.39 is 23.8 Å². The Hall–Kier alpha value is -0.323. The second-order valence-electron chi connectivity index (χ2n) is 6.91. The van der Waals surface area contributed by atoms with E-state index in [4.69, 9.17) is 14.3 Å². The summed E-state index contributed by atoms with van der Waals surface area (Å²) in [5.74, 6) is 0. The minimum Gasteiger partial charge on any atom is -0.413 e. The second-order valence-corrected chi connectivity index (χ2v) is 14.6. The first-order valence-electron chi connectivity index (χ1n) is 6.56. The lowest BCUT2D eigenvalue weighted by atomic mass is 10.1. The fraction of sp³-hybridized carbons (Fsp3) is 0.750. The van der Waals surface area contributed by atoms with Crippen LogP contribution < -0.4 is 5.14 Å². The third kappa shape index (κ3) is 4.57. The molecule has 0 radical (unpaired) electrons. The van der Waals surface area contributed by atoms with Gasteiger partial charge in [0, 0.05) is 0 Å². The summed E-state index contributed by atoms with van der Waals surface area (Å²) in [7, 11) is -5.27. The van der Waals surface area contributed by atoms with Gasteiger partial charge < -0.3 is 9.53 Å². The van der Waals surface area contributed by atoms with Crippen LogP contribution in [0, 0.1) is 4.78 Å². The van der Waals surface area contributed by atoms with Gasteiger partial charge in [-0.1, -0.05) is 20.8 Å². The van der Waals surface area contributed by atoms with E-state index in [1.165, 1.54) is 6.20 Å². The monoisotopic (exact) mass is 351 g/mol. The summed E-state index contributed by atoms with van der Waals surface area (Å²) >= 11 is 0.991. The Balaban J connectivity index is 2.90. The normalized spacial score (nSPS) is 19.0. The molecule has 2 unspecified atom stereocenters. The van der Waals surface area contributed by atoms with Crippen LogP contribution in [-0.4, -0.2) is 29.2 Å². The van der Waals surface area contributed by atoms with Crippen LogP contribution in [0.5, 0.6) is 0 Å². The topological polar surface area (TPSA) is 109 Å². The first-order chi connectivity index (χ1) is 9.17. The van der Waals surface area contributed by atoms with E-state index in [2.05, 4.69) is 38.8 Å². The summed E-state index contributed by atoms with van der Waals surface area (Å²) in [6, 6.07) is 0. The minimum absolute atomic E-state index is 0.0455. The number of rotatable bonds is 5. The maximum atomic E-state index is 11.5. The molecule has 6 nitrogen and oxygen atoms in total. The Morgan fingerprint density at radius 3 is 2.38 bits per heavy atom. The first kappa shape index (κ1) is 18.7. The first-order valence-corrected chi connectivity index (χ1v) is 11.9. The van der Waals surface area contributed by atoms with Crippen LogP contribution in [0.1, 0.15) is 32.7 Å². The third-order valence-electron chi connectivity index (χ3n) is 3.76. The Morgan fingerprint density at radius 2 is 2.00 bits per heavy atom. The quantitative estimate of drug-likeness (QED) is 0.708. The van der Waals surface area contributed by atoms with Gasteiger partial charge in [-0.15, -0.1) is 11.3 Å². The van der Waals surface area contributed by atoms with E-state index in [9.17, 15) is 9.32 Å². The van der Waals surface area contributed by atoms with E-state index in [0.717, 1.165) is 11.3 Å². The van der Waals surface area contributed by atoms with Crippen molar-refractivity contribution in [1.29, 1.82) is 4.78 Å². The largest absolute Gasteiger partial charge is 0.413 e. The average molecular weight is 352 g/mol. The highest BCUT2D eigenvalue weighted by molar-refractivity contribution is 7.92. The zero-order valence-electron chi connectivity index (χ0n) is 13.4. The van der Waals surface area contributed by atoms with Crippen molar-refractivity contribution in [3.63, 3.8) is 0 Å². The number of nitrogens with two attached hydrogens (primary N) is 1. The molecule has 0 aromatic carbocycles. The molecule has 1 aromatic rings. The molecule has 0 aliphatic carbocycles. The number of aliphatic hydroxyl groups is 1. The fourth-order valence-electron chi connectivity index (χ4n) is 1.25. The molecule has 0 spiro atoms. The molecule has 1 heterocycles. The predicted molar refractivity (Wildman–Crippen MR) is 88.1 cm³/mol. The molecule has 1 aromatic heterocycles. The number of hydrogen-bond donors (Lipinski definition) is 3. The van der Waals surface area contributed by atoms with Gasteiger partial charge in [-0.2, -0.15) is 0 Å². The van der Waals surface area contributed by atoms with Crippen molar-refractivity contribution in [1.82, 2.24) is 4.98 Å². The molecular weight excluding hydrogens is 326 g/mol. The van der Waals surface area contributed by atoms with Gasteiger partial charge in [0.05, 0.1) is 12.8 Å². The van der Waals surface area contributed by atoms with Gasteiger partial charge in [0.2, 0.25) is 0 Å². The van der Waals surface area contributed by atoms with Crippen molar-refractivity contribution >= 4 is 29.6 Å². The van der Waals surface area contributed by atoms with Crippen molar-refractivity contribution in [2.45, 2.75) is 55.6 Å². The maximum Gasteiger partial charge on any atom is 0.192 e. The molecule has 0 aliphatic heterocycles. The SMILES string of the molecule is CC(O)(CO[Si](C)(C)C(C)(C)C)c1ncc(S(=N)(N)=O)s1. The number of nitrogens with one attached hydrogen (secondary N) is 1. The molecular formula is C12H25N3O3S2Si. The molecule has 0 bridgehead atoms. The molecule has 2 atom stereocenters. The van der Waals surface area contributed by atoms with Gasteiger partial charge in [-0.25, -0.2) is 19.1 Å². The molecule has 0 fully saturated rings. The van der Waals surface area contributed by atoms with Crippen LogP contribution in [-0.2, 0) is 19.9 Å². The van der Waals surface area contributed by atoms with E-state index >= 15 is 0 Å². The lowest BCUT2D eigenvalue weighted by Crippen LogP contribution is -2.44. The summed E-state index contributed by atoms with van der Waals surface area (Å²) in [5, 5.41) is 16.2. The third-order valence-corrected chi connectivity index (χ3v) is 11.0. The summed E-state index contributed by atoms with van der Waals surface area (Å²) in [6.07, 6.45) is 1.29. The molecule has 122 valence electrons. The van der Waals surface area contributed by atoms with Gasteiger partial charge in [-0.3, -0.25) is 0 Å². The van der Waals surface area contributed by atoms with Crippen molar-refractivity contribution in [3.8, 4) is 0 Å². The van der Waals surface area contributed by atoms with Crippen LogP contribution in [0.3, 0.4) is 0 Å². The molecule has 21 heavy (non-hydrogen) atoms. The van der Waals surface area contributed by atoms with Crippen molar-refractivity contribution < 1.29 is 13.7 Å². The van der Waals surface area contributed by atoms with Crippen LogP contribution in [0.4, 0.5) is 0 Å². The molecule has 9 heteroatoms. The van der Waals surface area contributed by atoms with Crippen LogP contribution in [0.2, 0.25) is 18.1 Å². The number of aromatic nitrogens is 1. The van der Waals surface area contributed by atoms with Gasteiger partial charge in [-0.05, 0) is 25.1 Å². The molecule has 0 saturated heterocycles. The number of hydrogen-bond acceptors (Lipinski definition) is 6. The lowest BCUT2D eigenvalue weighted by molar-refractivity contribution is 0.00244. The maximum absolute atomic E-state index is 11.5. The molecule has 1 rings (SSSR count). The van der Waals surface area contributed by atoms with Gasteiger partial charge >= 0.3 is 0 Å². The molecule has 4 N–H and O–H groups in total. The standard InChI is InChI=1S/C12H25N3O3S2Si/c1-11(2,3)21(5,6)18-8-12(4,16)10-15-7-9(19-10)20(13,14)17/h7,16H,8H2,1-6H3,(H3,13,14,17). The highest BCUT2D eigenvalue weighted by atomic mass is 32.2. The average Bonchev–Trinajstić information content (AvgIpc) is 2.74. The summed E-state index contributed by atoms with van der Waals surface area (Å²) in [4.78, 5) is 4.04. The van der Waals surface area contributed by atoms with Crippen molar-refractivity contribution in [3.05, 3.63) is 11.2 Å². The predicted octanol–water partition coefficient (Wildman–Crippen LogP) is 2.65. The van der Waals surface area contributed by atoms with Gasteiger partial charge in [0.15, 0.2) is 8.32 Å².